The first-order chi connectivity index (χ1) is 8.30. The van der Waals surface area contributed by atoms with Gasteiger partial charge in [0.25, 0.3) is 0 Å². The molecule has 0 heterocycles. The summed E-state index contributed by atoms with van der Waals surface area (Å²) in [7, 11) is -1.57. The molecule has 0 aliphatic heterocycles. The average molecular weight is 261 g/mol. The molecule has 0 atom stereocenters. The Bertz CT molecular complexity index is 387. The van der Waals surface area contributed by atoms with Gasteiger partial charge in [-0.25, -0.2) is 0 Å². The smallest absolute Gasteiger partial charge is 0.161 e. The second-order valence-corrected chi connectivity index (χ2v) is 11.4. The average Bonchev–Trinajstić information content (AvgIpc) is 2.29. The van der Waals surface area contributed by atoms with Gasteiger partial charge in [0.05, 0.1) is 0 Å². The Morgan fingerprint density at radius 2 is 1.67 bits per heavy atom. The van der Waals surface area contributed by atoms with E-state index in [1.807, 2.05) is 0 Å². The van der Waals surface area contributed by atoms with E-state index in [1.165, 1.54) is 5.69 Å². The lowest BCUT2D eigenvalue weighted by Gasteiger charge is -2.45. The van der Waals surface area contributed by atoms with Crippen molar-refractivity contribution in [2.75, 3.05) is 4.57 Å². The van der Waals surface area contributed by atoms with Gasteiger partial charge in [0.15, 0.2) is 8.24 Å². The molecule has 0 radical (unpaired) electrons. The molecular formula is C16H27NSi. The first-order valence-corrected chi connectivity index (χ1v) is 9.76. The maximum Gasteiger partial charge on any atom is 0.161 e. The van der Waals surface area contributed by atoms with E-state index >= 15 is 0 Å². The summed E-state index contributed by atoms with van der Waals surface area (Å²) in [6.07, 6.45) is 5.62. The van der Waals surface area contributed by atoms with Crippen LogP contribution < -0.4 is 4.57 Å². The summed E-state index contributed by atoms with van der Waals surface area (Å²) in [6, 6.07) is 10.7. The molecule has 0 N–H and O–H groups in total. The van der Waals surface area contributed by atoms with E-state index in [0.29, 0.717) is 5.04 Å². The van der Waals surface area contributed by atoms with Gasteiger partial charge in [0.1, 0.15) is 0 Å². The lowest BCUT2D eigenvalue weighted by atomic mass is 10.2. The number of hydrogen-bond acceptors (Lipinski definition) is 1. The maximum atomic E-state index is 2.52. The second-order valence-electron chi connectivity index (χ2n) is 6.31. The third-order valence-corrected chi connectivity index (χ3v) is 9.24. The highest BCUT2D eigenvalue weighted by Gasteiger charge is 2.40. The summed E-state index contributed by atoms with van der Waals surface area (Å²) in [5, 5.41) is 0.334. The molecule has 0 bridgehead atoms. The highest BCUT2D eigenvalue weighted by Crippen LogP contribution is 2.40. The van der Waals surface area contributed by atoms with E-state index in [9.17, 15) is 0 Å². The summed E-state index contributed by atoms with van der Waals surface area (Å²) < 4.78 is 2.52. The van der Waals surface area contributed by atoms with E-state index in [-0.39, 0.29) is 0 Å². The fourth-order valence-electron chi connectivity index (χ4n) is 1.76. The SMILES string of the molecule is CCC=CN(c1ccccc1)[Si](C)(C)C(C)(C)C. The Labute approximate surface area is 114 Å². The quantitative estimate of drug-likeness (QED) is 0.654. The van der Waals surface area contributed by atoms with Gasteiger partial charge >= 0.3 is 0 Å². The van der Waals surface area contributed by atoms with E-state index in [4.69, 9.17) is 0 Å². The standard InChI is InChI=1S/C16H27NSi/c1-7-8-14-17(15-12-10-9-11-13-15)18(5,6)16(2,3)4/h8-14H,7H2,1-6H3. The number of rotatable bonds is 4. The molecule has 2 heteroatoms. The van der Waals surface area contributed by atoms with Crippen LogP contribution in [-0.4, -0.2) is 8.24 Å². The van der Waals surface area contributed by atoms with Gasteiger partial charge < -0.3 is 4.57 Å². The molecule has 0 amide bonds. The molecule has 0 aliphatic rings. The Balaban J connectivity index is 3.19. The molecule has 100 valence electrons. The number of nitrogens with zero attached hydrogens (tertiary/aromatic N) is 1. The normalized spacial score (nSPS) is 13.0. The predicted octanol–water partition coefficient (Wildman–Crippen LogP) is 5.42. The Morgan fingerprint density at radius 3 is 2.11 bits per heavy atom. The molecule has 0 saturated carbocycles. The van der Waals surface area contributed by atoms with Gasteiger partial charge in [-0.2, -0.15) is 0 Å². The Hall–Kier alpha value is -1.02. The number of para-hydroxylation sites is 1. The lowest BCUT2D eigenvalue weighted by Crippen LogP contribution is -2.52. The molecule has 18 heavy (non-hydrogen) atoms. The summed E-state index contributed by atoms with van der Waals surface area (Å²) in [5.41, 5.74) is 1.31. The second kappa shape index (κ2) is 5.74. The summed E-state index contributed by atoms with van der Waals surface area (Å²) in [4.78, 5) is 0. The van der Waals surface area contributed by atoms with Crippen LogP contribution in [0.15, 0.2) is 42.6 Å². The van der Waals surface area contributed by atoms with Gasteiger partial charge in [-0.05, 0) is 29.8 Å². The van der Waals surface area contributed by atoms with Gasteiger partial charge in [-0.1, -0.05) is 65.1 Å². The summed E-state index contributed by atoms with van der Waals surface area (Å²) in [5.74, 6) is 0. The van der Waals surface area contributed by atoms with Crippen molar-refractivity contribution in [2.24, 2.45) is 0 Å². The van der Waals surface area contributed by atoms with Crippen molar-refractivity contribution < 1.29 is 0 Å². The van der Waals surface area contributed by atoms with Gasteiger partial charge in [0, 0.05) is 5.69 Å². The first-order valence-electron chi connectivity index (χ1n) is 6.81. The molecule has 0 saturated heterocycles. The zero-order valence-corrected chi connectivity index (χ0v) is 13.7. The van der Waals surface area contributed by atoms with Gasteiger partial charge in [0.2, 0.25) is 0 Å². The molecule has 0 spiro atoms. The van der Waals surface area contributed by atoms with Crippen molar-refractivity contribution in [2.45, 2.75) is 52.2 Å². The van der Waals surface area contributed by atoms with Crippen molar-refractivity contribution >= 4 is 13.9 Å². The van der Waals surface area contributed by atoms with Crippen LogP contribution in [0.1, 0.15) is 34.1 Å². The van der Waals surface area contributed by atoms with Crippen molar-refractivity contribution in [1.29, 1.82) is 0 Å². The van der Waals surface area contributed by atoms with Gasteiger partial charge in [-0.15, -0.1) is 0 Å². The van der Waals surface area contributed by atoms with Crippen LogP contribution in [0, 0.1) is 0 Å². The molecule has 1 aromatic rings. The van der Waals surface area contributed by atoms with Crippen LogP contribution in [0.2, 0.25) is 18.1 Å². The summed E-state index contributed by atoms with van der Waals surface area (Å²) in [6.45, 7) is 14.1. The van der Waals surface area contributed by atoms with Crippen LogP contribution in [0.5, 0.6) is 0 Å². The zero-order valence-electron chi connectivity index (χ0n) is 12.7. The zero-order chi connectivity index (χ0) is 13.8. The molecule has 1 nitrogen and oxygen atoms in total. The maximum absolute atomic E-state index is 2.52. The third-order valence-electron chi connectivity index (χ3n) is 3.96. The monoisotopic (exact) mass is 261 g/mol. The lowest BCUT2D eigenvalue weighted by molar-refractivity contribution is 0.714. The van der Waals surface area contributed by atoms with E-state index < -0.39 is 8.24 Å². The van der Waals surface area contributed by atoms with Crippen molar-refractivity contribution in [1.82, 2.24) is 0 Å². The van der Waals surface area contributed by atoms with Crippen LogP contribution >= 0.6 is 0 Å². The van der Waals surface area contributed by atoms with Crippen molar-refractivity contribution in [3.63, 3.8) is 0 Å². The minimum atomic E-state index is -1.57. The van der Waals surface area contributed by atoms with E-state index in [2.05, 4.69) is 88.0 Å². The molecule has 0 unspecified atom stereocenters. The molecular weight excluding hydrogens is 234 g/mol. The number of anilines is 1. The largest absolute Gasteiger partial charge is 0.375 e. The first kappa shape index (κ1) is 15.0. The number of allylic oxidation sites excluding steroid dienone is 1. The van der Waals surface area contributed by atoms with E-state index in [1.54, 1.807) is 0 Å². The molecule has 0 fully saturated rings. The minimum Gasteiger partial charge on any atom is -0.375 e. The van der Waals surface area contributed by atoms with Crippen molar-refractivity contribution in [3.05, 3.63) is 42.6 Å². The fraction of sp³-hybridized carbons (Fsp3) is 0.500. The summed E-state index contributed by atoms with van der Waals surface area (Å²) >= 11 is 0. The topological polar surface area (TPSA) is 3.24 Å². The fourth-order valence-corrected chi connectivity index (χ4v) is 3.75. The van der Waals surface area contributed by atoms with E-state index in [0.717, 1.165) is 6.42 Å². The van der Waals surface area contributed by atoms with Crippen molar-refractivity contribution in [3.8, 4) is 0 Å². The minimum absolute atomic E-state index is 0.334. The van der Waals surface area contributed by atoms with Crippen LogP contribution in [0.3, 0.4) is 0 Å². The molecule has 0 aliphatic carbocycles. The number of benzene rings is 1. The van der Waals surface area contributed by atoms with Crippen LogP contribution in [0.25, 0.3) is 0 Å². The Morgan fingerprint density at radius 1 is 1.11 bits per heavy atom. The highest BCUT2D eigenvalue weighted by atomic mass is 28.3. The van der Waals surface area contributed by atoms with Gasteiger partial charge in [-0.3, -0.25) is 0 Å². The Kier molecular flexibility index (Phi) is 4.80. The third kappa shape index (κ3) is 3.26. The van der Waals surface area contributed by atoms with Crippen LogP contribution in [0.4, 0.5) is 5.69 Å². The molecule has 1 aromatic carbocycles. The molecule has 0 aromatic heterocycles. The molecule has 1 rings (SSSR count). The van der Waals surface area contributed by atoms with Crippen LogP contribution in [-0.2, 0) is 0 Å². The highest BCUT2D eigenvalue weighted by molar-refractivity contribution is 6.84. The number of hydrogen-bond donors (Lipinski definition) is 0. The predicted molar refractivity (Wildman–Crippen MR) is 85.5 cm³/mol.